The van der Waals surface area contributed by atoms with Crippen molar-refractivity contribution >= 4 is 62.9 Å². The van der Waals surface area contributed by atoms with Gasteiger partial charge in [-0.25, -0.2) is 4.98 Å². The molecule has 2 aromatic rings. The van der Waals surface area contributed by atoms with E-state index < -0.39 is 0 Å². The second-order valence-electron chi connectivity index (χ2n) is 6.42. The SMILES string of the molecule is CCNC(=NCCc1csc(C)n1)NC1CCN(c2ccc(Br)cc2)C1.I. The summed E-state index contributed by atoms with van der Waals surface area (Å²) in [7, 11) is 0. The Balaban J connectivity index is 0.00000261. The number of aromatic nitrogens is 1. The molecule has 0 radical (unpaired) electrons. The van der Waals surface area contributed by atoms with Crippen LogP contribution in [0.25, 0.3) is 0 Å². The fourth-order valence-corrected chi connectivity index (χ4v) is 3.99. The van der Waals surface area contributed by atoms with Crippen LogP contribution in [0.15, 0.2) is 39.1 Å². The lowest BCUT2D eigenvalue weighted by atomic mass is 10.2. The molecule has 5 nitrogen and oxygen atoms in total. The molecule has 1 aromatic carbocycles. The zero-order valence-corrected chi connectivity index (χ0v) is 20.5. The lowest BCUT2D eigenvalue weighted by Gasteiger charge is -2.20. The second-order valence-corrected chi connectivity index (χ2v) is 8.40. The zero-order valence-electron chi connectivity index (χ0n) is 15.7. The number of hydrogen-bond donors (Lipinski definition) is 2. The van der Waals surface area contributed by atoms with Crippen LogP contribution in [-0.2, 0) is 6.42 Å². The number of anilines is 1. The molecule has 8 heteroatoms. The van der Waals surface area contributed by atoms with E-state index in [-0.39, 0.29) is 24.0 Å². The van der Waals surface area contributed by atoms with Crippen molar-refractivity contribution in [2.24, 2.45) is 4.99 Å². The van der Waals surface area contributed by atoms with Gasteiger partial charge in [0.1, 0.15) is 0 Å². The predicted octanol–water partition coefficient (Wildman–Crippen LogP) is 4.21. The Morgan fingerprint density at radius 1 is 1.37 bits per heavy atom. The van der Waals surface area contributed by atoms with Crippen molar-refractivity contribution in [2.75, 3.05) is 31.1 Å². The number of nitrogens with zero attached hydrogens (tertiary/aromatic N) is 3. The minimum Gasteiger partial charge on any atom is -0.369 e. The van der Waals surface area contributed by atoms with Crippen LogP contribution in [0.4, 0.5) is 5.69 Å². The number of halogens is 2. The molecule has 27 heavy (non-hydrogen) atoms. The average Bonchev–Trinajstić information content (AvgIpc) is 3.25. The first-order valence-corrected chi connectivity index (χ1v) is 10.8. The summed E-state index contributed by atoms with van der Waals surface area (Å²) in [6, 6.07) is 8.95. The molecule has 1 aliphatic heterocycles. The first kappa shape index (κ1) is 22.4. The Morgan fingerprint density at radius 3 is 2.81 bits per heavy atom. The molecular formula is C19H27BrIN5S. The number of thiazole rings is 1. The summed E-state index contributed by atoms with van der Waals surface area (Å²) in [6.45, 7) is 7.82. The van der Waals surface area contributed by atoms with Gasteiger partial charge in [-0.05, 0) is 44.5 Å². The molecule has 3 rings (SSSR count). The topological polar surface area (TPSA) is 52.6 Å². The van der Waals surface area contributed by atoms with Crippen LogP contribution in [0.5, 0.6) is 0 Å². The van der Waals surface area contributed by atoms with Gasteiger partial charge in [-0.3, -0.25) is 4.99 Å². The number of guanidine groups is 1. The highest BCUT2D eigenvalue weighted by molar-refractivity contribution is 14.0. The summed E-state index contributed by atoms with van der Waals surface area (Å²) in [5.74, 6) is 0.905. The second kappa shape index (κ2) is 11.2. The smallest absolute Gasteiger partial charge is 0.191 e. The van der Waals surface area contributed by atoms with Gasteiger partial charge in [-0.2, -0.15) is 0 Å². The van der Waals surface area contributed by atoms with Gasteiger partial charge >= 0.3 is 0 Å². The molecule has 1 aromatic heterocycles. The molecule has 2 N–H and O–H groups in total. The lowest BCUT2D eigenvalue weighted by molar-refractivity contribution is 0.649. The monoisotopic (exact) mass is 563 g/mol. The van der Waals surface area contributed by atoms with Crippen LogP contribution in [0.1, 0.15) is 24.0 Å². The third-order valence-electron chi connectivity index (χ3n) is 4.37. The van der Waals surface area contributed by atoms with E-state index in [4.69, 9.17) is 4.99 Å². The largest absolute Gasteiger partial charge is 0.369 e. The maximum Gasteiger partial charge on any atom is 0.191 e. The van der Waals surface area contributed by atoms with Crippen molar-refractivity contribution < 1.29 is 0 Å². The van der Waals surface area contributed by atoms with Crippen molar-refractivity contribution in [2.45, 2.75) is 32.7 Å². The lowest BCUT2D eigenvalue weighted by Crippen LogP contribution is -2.44. The van der Waals surface area contributed by atoms with E-state index in [9.17, 15) is 0 Å². The normalized spacial score (nSPS) is 16.9. The third-order valence-corrected chi connectivity index (χ3v) is 5.72. The number of benzene rings is 1. The molecule has 0 aliphatic carbocycles. The van der Waals surface area contributed by atoms with Crippen molar-refractivity contribution in [3.8, 4) is 0 Å². The minimum absolute atomic E-state index is 0. The maximum atomic E-state index is 4.73. The Morgan fingerprint density at radius 2 is 2.15 bits per heavy atom. The fourth-order valence-electron chi connectivity index (χ4n) is 3.08. The number of rotatable bonds is 6. The standard InChI is InChI=1S/C19H26BrN5S.HI/c1-3-21-19(22-10-8-17-13-26-14(2)23-17)24-16-9-11-25(12-16)18-6-4-15(20)5-7-18;/h4-7,13,16H,3,8-12H2,1-2H3,(H2,21,22,24);1H. The number of hydrogen-bond acceptors (Lipinski definition) is 4. The van der Waals surface area contributed by atoms with Crippen molar-refractivity contribution in [1.29, 1.82) is 0 Å². The summed E-state index contributed by atoms with van der Waals surface area (Å²) in [6.07, 6.45) is 2.00. The van der Waals surface area contributed by atoms with Crippen LogP contribution in [0, 0.1) is 6.92 Å². The summed E-state index contributed by atoms with van der Waals surface area (Å²) in [4.78, 5) is 11.7. The van der Waals surface area contributed by atoms with E-state index in [0.717, 1.165) is 60.2 Å². The quantitative estimate of drug-likeness (QED) is 0.314. The van der Waals surface area contributed by atoms with Gasteiger partial charge in [0.25, 0.3) is 0 Å². The maximum absolute atomic E-state index is 4.73. The van der Waals surface area contributed by atoms with Gasteiger partial charge in [0, 0.05) is 54.2 Å². The van der Waals surface area contributed by atoms with Gasteiger partial charge in [0.05, 0.1) is 10.7 Å². The van der Waals surface area contributed by atoms with Crippen molar-refractivity contribution in [1.82, 2.24) is 15.6 Å². The van der Waals surface area contributed by atoms with E-state index in [1.54, 1.807) is 11.3 Å². The van der Waals surface area contributed by atoms with Crippen LogP contribution in [0.2, 0.25) is 0 Å². The molecule has 0 saturated carbocycles. The Labute approximate surface area is 191 Å². The average molecular weight is 564 g/mol. The Hall–Kier alpha value is -0.870. The molecule has 1 saturated heterocycles. The molecule has 1 fully saturated rings. The number of nitrogens with one attached hydrogen (secondary N) is 2. The van der Waals surface area contributed by atoms with Gasteiger partial charge in [-0.1, -0.05) is 15.9 Å². The molecular weight excluding hydrogens is 537 g/mol. The Kier molecular flexibility index (Phi) is 9.31. The summed E-state index contributed by atoms with van der Waals surface area (Å²) in [5, 5.41) is 10.2. The molecule has 1 atom stereocenters. The van der Waals surface area contributed by atoms with Crippen LogP contribution < -0.4 is 15.5 Å². The molecule has 0 amide bonds. The van der Waals surface area contributed by atoms with Crippen LogP contribution in [0.3, 0.4) is 0 Å². The molecule has 1 unspecified atom stereocenters. The molecule has 1 aliphatic rings. The van der Waals surface area contributed by atoms with E-state index in [2.05, 4.69) is 73.0 Å². The fraction of sp³-hybridized carbons (Fsp3) is 0.474. The third kappa shape index (κ3) is 6.90. The highest BCUT2D eigenvalue weighted by Crippen LogP contribution is 2.22. The predicted molar refractivity (Wildman–Crippen MR) is 130 cm³/mol. The summed E-state index contributed by atoms with van der Waals surface area (Å²) < 4.78 is 1.12. The van der Waals surface area contributed by atoms with E-state index in [1.165, 1.54) is 5.69 Å². The Bertz CT molecular complexity index is 734. The van der Waals surface area contributed by atoms with Crippen molar-refractivity contribution in [3.05, 3.63) is 44.8 Å². The van der Waals surface area contributed by atoms with Crippen LogP contribution in [-0.4, -0.2) is 43.2 Å². The van der Waals surface area contributed by atoms with Gasteiger partial charge in [0.15, 0.2) is 5.96 Å². The van der Waals surface area contributed by atoms with E-state index >= 15 is 0 Å². The summed E-state index contributed by atoms with van der Waals surface area (Å²) in [5.41, 5.74) is 2.41. The van der Waals surface area contributed by atoms with Gasteiger partial charge in [-0.15, -0.1) is 35.3 Å². The zero-order chi connectivity index (χ0) is 18.4. The van der Waals surface area contributed by atoms with Gasteiger partial charge < -0.3 is 15.5 Å². The highest BCUT2D eigenvalue weighted by atomic mass is 127. The van der Waals surface area contributed by atoms with Crippen LogP contribution >= 0.6 is 51.2 Å². The number of aliphatic imine (C=N–C) groups is 1. The minimum atomic E-state index is 0. The highest BCUT2D eigenvalue weighted by Gasteiger charge is 2.23. The van der Waals surface area contributed by atoms with Gasteiger partial charge in [0.2, 0.25) is 0 Å². The van der Waals surface area contributed by atoms with E-state index in [1.807, 2.05) is 6.92 Å². The molecule has 148 valence electrons. The van der Waals surface area contributed by atoms with Crippen molar-refractivity contribution in [3.63, 3.8) is 0 Å². The van der Waals surface area contributed by atoms with E-state index in [0.29, 0.717) is 6.04 Å². The summed E-state index contributed by atoms with van der Waals surface area (Å²) >= 11 is 5.20. The molecule has 0 spiro atoms. The first-order valence-electron chi connectivity index (χ1n) is 9.10. The first-order chi connectivity index (χ1) is 12.6. The molecule has 0 bridgehead atoms. The molecule has 2 heterocycles. The number of aryl methyl sites for hydroxylation is 1.